The summed E-state index contributed by atoms with van der Waals surface area (Å²) in [6.07, 6.45) is 4.40. The van der Waals surface area contributed by atoms with E-state index in [1.54, 1.807) is 0 Å². The molecule has 31 heavy (non-hydrogen) atoms. The van der Waals surface area contributed by atoms with Gasteiger partial charge in [0.25, 0.3) is 0 Å². The molecule has 0 spiro atoms. The second-order valence-corrected chi connectivity index (χ2v) is 8.86. The molecule has 1 aromatic heterocycles. The molecule has 0 bridgehead atoms. The number of carbonyl (C=O) groups is 2. The Bertz CT molecular complexity index is 910. The van der Waals surface area contributed by atoms with E-state index >= 15 is 0 Å². The quantitative estimate of drug-likeness (QED) is 0.666. The number of hydrogen-bond acceptors (Lipinski definition) is 5. The number of aromatic amines is 1. The lowest BCUT2D eigenvalue weighted by Gasteiger charge is -2.34. The first-order chi connectivity index (χ1) is 15.1. The maximum atomic E-state index is 13.6. The fourth-order valence-electron chi connectivity index (χ4n) is 4.39. The summed E-state index contributed by atoms with van der Waals surface area (Å²) in [4.78, 5) is 35.4. The first-order valence-corrected chi connectivity index (χ1v) is 11.4. The van der Waals surface area contributed by atoms with Crippen LogP contribution in [0.3, 0.4) is 0 Å². The largest absolute Gasteiger partial charge is 0.453 e. The molecule has 9 heteroatoms. The Kier molecular flexibility index (Phi) is 6.92. The summed E-state index contributed by atoms with van der Waals surface area (Å²) < 4.78 is 11.2. The van der Waals surface area contributed by atoms with Crippen LogP contribution in [0.2, 0.25) is 0 Å². The molecule has 2 aliphatic rings. The number of imidazole rings is 1. The summed E-state index contributed by atoms with van der Waals surface area (Å²) in [7, 11) is 1.31. The fourth-order valence-corrected chi connectivity index (χ4v) is 4.66. The van der Waals surface area contributed by atoms with E-state index < -0.39 is 12.1 Å². The van der Waals surface area contributed by atoms with Crippen LogP contribution in [-0.2, 0) is 14.3 Å². The molecule has 8 nitrogen and oxygen atoms in total. The van der Waals surface area contributed by atoms with Gasteiger partial charge in [-0.05, 0) is 49.3 Å². The van der Waals surface area contributed by atoms with E-state index in [0.717, 1.165) is 47.2 Å². The van der Waals surface area contributed by atoms with E-state index in [1.807, 2.05) is 35.4 Å². The molecule has 1 aromatic carbocycles. The maximum Gasteiger partial charge on any atom is 0.407 e. The Labute approximate surface area is 189 Å². The third-order valence-corrected chi connectivity index (χ3v) is 6.59. The Balaban J connectivity index is 1.54. The second-order valence-electron chi connectivity index (χ2n) is 7.94. The van der Waals surface area contributed by atoms with Crippen LogP contribution in [0.25, 0.3) is 11.3 Å². The number of aromatic nitrogens is 2. The maximum absolute atomic E-state index is 13.6. The molecule has 2 N–H and O–H groups in total. The molecule has 2 amide bonds. The topological polar surface area (TPSA) is 96.5 Å². The first-order valence-electron chi connectivity index (χ1n) is 10.6. The minimum absolute atomic E-state index is 0.0246. The number of hydrogen-bond donors (Lipinski definition) is 2. The Morgan fingerprint density at radius 2 is 2.00 bits per heavy atom. The van der Waals surface area contributed by atoms with Crippen molar-refractivity contribution < 1.29 is 19.1 Å². The normalized spacial score (nSPS) is 20.5. The molecule has 4 rings (SSSR count). The number of halogens is 1. The van der Waals surface area contributed by atoms with Crippen molar-refractivity contribution in [1.82, 2.24) is 20.2 Å². The number of likely N-dealkylation sites (tertiary alicyclic amines) is 1. The standard InChI is InChI=1S/C22H27BrN4O4/c1-30-22(29)26-19(15-8-11-31-12-9-15)21(28)27-10-2-3-18(27)20-24-13-17(25-20)14-4-6-16(23)7-5-14/h4-7,13,15,18-19H,2-3,8-12H2,1H3,(H,24,25)(H,26,29)/t18-,19?/m0/s1. The Morgan fingerprint density at radius 1 is 1.26 bits per heavy atom. The predicted octanol–water partition coefficient (Wildman–Crippen LogP) is 3.65. The number of rotatable bonds is 5. The molecule has 2 atom stereocenters. The highest BCUT2D eigenvalue weighted by molar-refractivity contribution is 9.10. The van der Waals surface area contributed by atoms with Crippen molar-refractivity contribution in [2.24, 2.45) is 5.92 Å². The Hall–Kier alpha value is -2.39. The number of alkyl carbamates (subject to hydrolysis) is 1. The molecule has 2 aromatic rings. The number of amides is 2. The van der Waals surface area contributed by atoms with Crippen molar-refractivity contribution in [3.63, 3.8) is 0 Å². The summed E-state index contributed by atoms with van der Waals surface area (Å²) in [5.74, 6) is 0.713. The van der Waals surface area contributed by atoms with Gasteiger partial charge in [-0.15, -0.1) is 0 Å². The number of nitrogens with one attached hydrogen (secondary N) is 2. The number of nitrogens with zero attached hydrogens (tertiary/aromatic N) is 2. The molecule has 0 saturated carbocycles. The number of H-pyrrole nitrogens is 1. The molecular weight excluding hydrogens is 464 g/mol. The zero-order valence-corrected chi connectivity index (χ0v) is 19.1. The van der Waals surface area contributed by atoms with Crippen LogP contribution in [-0.4, -0.2) is 59.8 Å². The van der Waals surface area contributed by atoms with Gasteiger partial charge in [-0.3, -0.25) is 4.79 Å². The van der Waals surface area contributed by atoms with Crippen molar-refractivity contribution in [3.05, 3.63) is 40.8 Å². The van der Waals surface area contributed by atoms with Crippen LogP contribution in [0.5, 0.6) is 0 Å². The van der Waals surface area contributed by atoms with Gasteiger partial charge >= 0.3 is 6.09 Å². The van der Waals surface area contributed by atoms with Crippen molar-refractivity contribution in [2.75, 3.05) is 26.9 Å². The van der Waals surface area contributed by atoms with Crippen molar-refractivity contribution in [3.8, 4) is 11.3 Å². The van der Waals surface area contributed by atoms with Gasteiger partial charge in [0.1, 0.15) is 11.9 Å². The second kappa shape index (κ2) is 9.82. The highest BCUT2D eigenvalue weighted by Crippen LogP contribution is 2.33. The van der Waals surface area contributed by atoms with E-state index in [4.69, 9.17) is 9.47 Å². The zero-order chi connectivity index (χ0) is 21.8. The van der Waals surface area contributed by atoms with Crippen LogP contribution < -0.4 is 5.32 Å². The summed E-state index contributed by atoms with van der Waals surface area (Å²) in [6.45, 7) is 1.82. The van der Waals surface area contributed by atoms with E-state index in [1.165, 1.54) is 7.11 Å². The van der Waals surface area contributed by atoms with Gasteiger partial charge in [0.15, 0.2) is 0 Å². The van der Waals surface area contributed by atoms with E-state index in [0.29, 0.717) is 19.8 Å². The molecule has 166 valence electrons. The fraction of sp³-hybridized carbons (Fsp3) is 0.500. The molecule has 2 aliphatic heterocycles. The van der Waals surface area contributed by atoms with Crippen molar-refractivity contribution in [2.45, 2.75) is 37.8 Å². The smallest absolute Gasteiger partial charge is 0.407 e. The number of carbonyl (C=O) groups excluding carboxylic acids is 2. The summed E-state index contributed by atoms with van der Waals surface area (Å²) in [5.41, 5.74) is 1.95. The highest BCUT2D eigenvalue weighted by atomic mass is 79.9. The van der Waals surface area contributed by atoms with Crippen LogP contribution in [0.15, 0.2) is 34.9 Å². The SMILES string of the molecule is COC(=O)NC(C(=O)N1CCC[C@H]1c1ncc(-c2ccc(Br)cc2)[nH]1)C1CCOCC1. The van der Waals surface area contributed by atoms with Crippen LogP contribution in [0, 0.1) is 5.92 Å². The molecule has 1 unspecified atom stereocenters. The Morgan fingerprint density at radius 3 is 2.71 bits per heavy atom. The first kappa shape index (κ1) is 21.8. The van der Waals surface area contributed by atoms with Gasteiger partial charge in [-0.1, -0.05) is 28.1 Å². The predicted molar refractivity (Wildman–Crippen MR) is 118 cm³/mol. The van der Waals surface area contributed by atoms with Gasteiger partial charge in [0.05, 0.1) is 25.0 Å². The lowest BCUT2D eigenvalue weighted by atomic mass is 9.90. The number of benzene rings is 1. The summed E-state index contributed by atoms with van der Waals surface area (Å²) >= 11 is 3.45. The van der Waals surface area contributed by atoms with E-state index in [-0.39, 0.29) is 17.9 Å². The third kappa shape index (κ3) is 4.93. The lowest BCUT2D eigenvalue weighted by molar-refractivity contribution is -0.136. The van der Waals surface area contributed by atoms with Crippen LogP contribution >= 0.6 is 15.9 Å². The van der Waals surface area contributed by atoms with Gasteiger partial charge in [-0.25, -0.2) is 9.78 Å². The van der Waals surface area contributed by atoms with Crippen molar-refractivity contribution >= 4 is 27.9 Å². The number of ether oxygens (including phenoxy) is 2. The number of methoxy groups -OCH3 is 1. The van der Waals surface area contributed by atoms with Gasteiger partial charge < -0.3 is 24.7 Å². The third-order valence-electron chi connectivity index (χ3n) is 6.06. The summed E-state index contributed by atoms with van der Waals surface area (Å²) in [6, 6.07) is 7.23. The monoisotopic (exact) mass is 490 g/mol. The van der Waals surface area contributed by atoms with Crippen molar-refractivity contribution in [1.29, 1.82) is 0 Å². The van der Waals surface area contributed by atoms with Gasteiger partial charge in [0.2, 0.25) is 5.91 Å². The highest BCUT2D eigenvalue weighted by Gasteiger charge is 2.40. The minimum atomic E-state index is -0.627. The van der Waals surface area contributed by atoms with Gasteiger partial charge in [-0.2, -0.15) is 0 Å². The van der Waals surface area contributed by atoms with Crippen LogP contribution in [0.4, 0.5) is 4.79 Å². The molecule has 2 saturated heterocycles. The molecule has 3 heterocycles. The molecular formula is C22H27BrN4O4. The van der Waals surface area contributed by atoms with Crippen LogP contribution in [0.1, 0.15) is 37.5 Å². The molecule has 0 aliphatic carbocycles. The zero-order valence-electron chi connectivity index (χ0n) is 17.5. The minimum Gasteiger partial charge on any atom is -0.453 e. The lowest BCUT2D eigenvalue weighted by Crippen LogP contribution is -2.53. The average molecular weight is 491 g/mol. The molecule has 2 fully saturated rings. The molecule has 0 radical (unpaired) electrons. The average Bonchev–Trinajstić information content (AvgIpc) is 3.47. The van der Waals surface area contributed by atoms with Gasteiger partial charge in [0, 0.05) is 24.2 Å². The summed E-state index contributed by atoms with van der Waals surface area (Å²) in [5, 5.41) is 2.78. The van der Waals surface area contributed by atoms with E-state index in [9.17, 15) is 9.59 Å². The van der Waals surface area contributed by atoms with E-state index in [2.05, 4.69) is 31.2 Å².